The Kier molecular flexibility index (Phi) is 5.16. The first-order valence-corrected chi connectivity index (χ1v) is 9.05. The first-order valence-electron chi connectivity index (χ1n) is 9.05. The third-order valence-corrected chi connectivity index (χ3v) is 4.28. The number of benzene rings is 2. The Balaban J connectivity index is 1.58. The predicted molar refractivity (Wildman–Crippen MR) is 106 cm³/mol. The number of anilines is 3. The van der Waals surface area contributed by atoms with Crippen molar-refractivity contribution < 1.29 is 9.47 Å². The van der Waals surface area contributed by atoms with Gasteiger partial charge >= 0.3 is 0 Å². The molecule has 0 bridgehead atoms. The largest absolute Gasteiger partial charge is 0.455 e. The molecule has 1 aromatic heterocycles. The van der Waals surface area contributed by atoms with Gasteiger partial charge in [0, 0.05) is 24.8 Å². The van der Waals surface area contributed by atoms with Crippen LogP contribution < -0.4 is 15.0 Å². The topological polar surface area (TPSA) is 59.5 Å². The molecule has 27 heavy (non-hydrogen) atoms. The van der Waals surface area contributed by atoms with Gasteiger partial charge in [0.15, 0.2) is 5.75 Å². The van der Waals surface area contributed by atoms with Crippen molar-refractivity contribution in [1.29, 1.82) is 0 Å². The van der Waals surface area contributed by atoms with Gasteiger partial charge in [0.05, 0.1) is 18.9 Å². The van der Waals surface area contributed by atoms with Crippen molar-refractivity contribution in [2.24, 2.45) is 0 Å². The van der Waals surface area contributed by atoms with Crippen LogP contribution in [0.5, 0.6) is 11.5 Å². The molecule has 1 N–H and O–H groups in total. The van der Waals surface area contributed by atoms with Gasteiger partial charge in [0.2, 0.25) is 5.95 Å². The number of nitrogens with zero attached hydrogens (tertiary/aromatic N) is 3. The normalized spacial score (nSPS) is 14.0. The predicted octanol–water partition coefficient (Wildman–Crippen LogP) is 4.16. The monoisotopic (exact) mass is 362 g/mol. The average Bonchev–Trinajstić information content (AvgIpc) is 2.71. The first-order chi connectivity index (χ1) is 13.3. The third kappa shape index (κ3) is 4.35. The van der Waals surface area contributed by atoms with Crippen LogP contribution >= 0.6 is 0 Å². The maximum absolute atomic E-state index is 6.01. The Hall–Kier alpha value is -3.12. The molecule has 1 aliphatic heterocycles. The fourth-order valence-corrected chi connectivity index (χ4v) is 2.96. The number of para-hydroxylation sites is 3. The molecule has 0 aliphatic carbocycles. The van der Waals surface area contributed by atoms with Gasteiger partial charge in [0.25, 0.3) is 0 Å². The summed E-state index contributed by atoms with van der Waals surface area (Å²) < 4.78 is 11.4. The number of ether oxygens (including phenoxy) is 2. The van der Waals surface area contributed by atoms with E-state index in [1.807, 2.05) is 67.6 Å². The minimum absolute atomic E-state index is 0.556. The molecule has 2 heterocycles. The molecule has 138 valence electrons. The Labute approximate surface area is 158 Å². The highest BCUT2D eigenvalue weighted by molar-refractivity contribution is 5.64. The van der Waals surface area contributed by atoms with Crippen LogP contribution in [0.4, 0.5) is 17.5 Å². The molecular formula is C21H22N4O2. The Bertz CT molecular complexity index is 896. The molecule has 0 saturated carbocycles. The summed E-state index contributed by atoms with van der Waals surface area (Å²) >= 11 is 0. The summed E-state index contributed by atoms with van der Waals surface area (Å²) in [7, 11) is 0. The molecule has 2 aromatic carbocycles. The highest BCUT2D eigenvalue weighted by Gasteiger charge is 2.15. The van der Waals surface area contributed by atoms with E-state index in [9.17, 15) is 0 Å². The summed E-state index contributed by atoms with van der Waals surface area (Å²) in [6.07, 6.45) is 0. The van der Waals surface area contributed by atoms with Crippen LogP contribution in [0.15, 0.2) is 60.7 Å². The van der Waals surface area contributed by atoms with Crippen molar-refractivity contribution in [2.75, 3.05) is 36.5 Å². The van der Waals surface area contributed by atoms with Gasteiger partial charge in [0.1, 0.15) is 11.6 Å². The van der Waals surface area contributed by atoms with Crippen LogP contribution in [0.3, 0.4) is 0 Å². The first kappa shape index (κ1) is 17.3. The van der Waals surface area contributed by atoms with Crippen molar-refractivity contribution in [1.82, 2.24) is 9.97 Å². The molecule has 0 radical (unpaired) electrons. The molecule has 0 unspecified atom stereocenters. The van der Waals surface area contributed by atoms with Crippen molar-refractivity contribution in [3.8, 4) is 11.5 Å². The summed E-state index contributed by atoms with van der Waals surface area (Å²) in [4.78, 5) is 11.4. The summed E-state index contributed by atoms with van der Waals surface area (Å²) in [6.45, 7) is 5.09. The molecule has 1 fully saturated rings. The summed E-state index contributed by atoms with van der Waals surface area (Å²) in [5.74, 6) is 2.98. The maximum atomic E-state index is 6.01. The number of rotatable bonds is 5. The second kappa shape index (κ2) is 8.05. The number of morpholine rings is 1. The molecule has 0 spiro atoms. The fourth-order valence-electron chi connectivity index (χ4n) is 2.96. The van der Waals surface area contributed by atoms with Gasteiger partial charge in [-0.25, -0.2) is 4.98 Å². The fraction of sp³-hybridized carbons (Fsp3) is 0.238. The average molecular weight is 362 g/mol. The van der Waals surface area contributed by atoms with Gasteiger partial charge in [-0.05, 0) is 31.2 Å². The second-order valence-corrected chi connectivity index (χ2v) is 6.33. The van der Waals surface area contributed by atoms with E-state index in [4.69, 9.17) is 14.5 Å². The molecule has 6 nitrogen and oxygen atoms in total. The molecule has 0 atom stereocenters. The van der Waals surface area contributed by atoms with Crippen LogP contribution in [0.1, 0.15) is 5.69 Å². The lowest BCUT2D eigenvalue weighted by molar-refractivity contribution is 0.122. The second-order valence-electron chi connectivity index (χ2n) is 6.33. The van der Waals surface area contributed by atoms with Crippen LogP contribution in [0, 0.1) is 6.92 Å². The molecule has 0 amide bonds. The highest BCUT2D eigenvalue weighted by Crippen LogP contribution is 2.31. The lowest BCUT2D eigenvalue weighted by atomic mass is 10.3. The molecule has 1 saturated heterocycles. The van der Waals surface area contributed by atoms with Crippen molar-refractivity contribution in [3.63, 3.8) is 0 Å². The zero-order valence-electron chi connectivity index (χ0n) is 15.3. The SMILES string of the molecule is Cc1cc(N2CCOCC2)nc(Nc2ccccc2Oc2ccccc2)n1. The number of aromatic nitrogens is 2. The number of hydrogen-bond acceptors (Lipinski definition) is 6. The Morgan fingerprint density at radius 2 is 1.70 bits per heavy atom. The van der Waals surface area contributed by atoms with Crippen molar-refractivity contribution in [3.05, 3.63) is 66.4 Å². The van der Waals surface area contributed by atoms with Gasteiger partial charge in [-0.15, -0.1) is 0 Å². The summed E-state index contributed by atoms with van der Waals surface area (Å²) in [5.41, 5.74) is 1.73. The standard InChI is InChI=1S/C21H22N4O2/c1-16-15-20(25-11-13-26-14-12-25)24-21(22-16)23-18-9-5-6-10-19(18)27-17-7-3-2-4-8-17/h2-10,15H,11-14H2,1H3,(H,22,23,24). The van der Waals surface area contributed by atoms with Crippen molar-refractivity contribution in [2.45, 2.75) is 6.92 Å². The molecule has 3 aromatic rings. The van der Waals surface area contributed by atoms with E-state index in [0.717, 1.165) is 55.0 Å². The molecule has 4 rings (SSSR count). The Morgan fingerprint density at radius 1 is 0.963 bits per heavy atom. The third-order valence-electron chi connectivity index (χ3n) is 4.28. The van der Waals surface area contributed by atoms with E-state index in [2.05, 4.69) is 15.2 Å². The highest BCUT2D eigenvalue weighted by atomic mass is 16.5. The van der Waals surface area contributed by atoms with E-state index in [1.54, 1.807) is 0 Å². The van der Waals surface area contributed by atoms with E-state index >= 15 is 0 Å². The minimum atomic E-state index is 0.556. The smallest absolute Gasteiger partial charge is 0.229 e. The van der Waals surface area contributed by atoms with Crippen molar-refractivity contribution >= 4 is 17.5 Å². The van der Waals surface area contributed by atoms with Gasteiger partial charge in [-0.3, -0.25) is 0 Å². The molecule has 1 aliphatic rings. The lowest BCUT2D eigenvalue weighted by Gasteiger charge is -2.28. The number of hydrogen-bond donors (Lipinski definition) is 1. The summed E-state index contributed by atoms with van der Waals surface area (Å²) in [6, 6.07) is 19.5. The van der Waals surface area contributed by atoms with E-state index < -0.39 is 0 Å². The quantitative estimate of drug-likeness (QED) is 0.735. The number of aryl methyl sites for hydroxylation is 1. The van der Waals surface area contributed by atoms with Gasteiger partial charge < -0.3 is 19.7 Å². The van der Waals surface area contributed by atoms with E-state index in [1.165, 1.54) is 0 Å². The lowest BCUT2D eigenvalue weighted by Crippen LogP contribution is -2.36. The molecular weight excluding hydrogens is 340 g/mol. The number of nitrogens with one attached hydrogen (secondary N) is 1. The Morgan fingerprint density at radius 3 is 2.52 bits per heavy atom. The van der Waals surface area contributed by atoms with E-state index in [-0.39, 0.29) is 0 Å². The molecule has 6 heteroatoms. The van der Waals surface area contributed by atoms with Crippen LogP contribution in [0.25, 0.3) is 0 Å². The zero-order chi connectivity index (χ0) is 18.5. The van der Waals surface area contributed by atoms with Gasteiger partial charge in [-0.2, -0.15) is 4.98 Å². The van der Waals surface area contributed by atoms with Gasteiger partial charge in [-0.1, -0.05) is 30.3 Å². The maximum Gasteiger partial charge on any atom is 0.229 e. The van der Waals surface area contributed by atoms with E-state index in [0.29, 0.717) is 5.95 Å². The zero-order valence-corrected chi connectivity index (χ0v) is 15.3. The van der Waals surface area contributed by atoms with Crippen LogP contribution in [0.2, 0.25) is 0 Å². The summed E-state index contributed by atoms with van der Waals surface area (Å²) in [5, 5.41) is 3.31. The van der Waals surface area contributed by atoms with Crippen LogP contribution in [-0.4, -0.2) is 36.3 Å². The van der Waals surface area contributed by atoms with Crippen LogP contribution in [-0.2, 0) is 4.74 Å². The minimum Gasteiger partial charge on any atom is -0.455 e.